The number of hydrogen-bond donors (Lipinski definition) is 1. The molecule has 0 radical (unpaired) electrons. The maximum absolute atomic E-state index is 12.1. The highest BCUT2D eigenvalue weighted by molar-refractivity contribution is 5.79. The molecule has 1 aliphatic carbocycles. The van der Waals surface area contributed by atoms with Crippen LogP contribution in [0.5, 0.6) is 0 Å². The molecule has 0 bridgehead atoms. The lowest BCUT2D eigenvalue weighted by atomic mass is 9.83. The number of nitrogens with zero attached hydrogens (tertiary/aromatic N) is 1. The molecular weight excluding hydrogens is 188 g/mol. The molecule has 84 valence electrons. The topological polar surface area (TPSA) is 32.3 Å². The van der Waals surface area contributed by atoms with E-state index < -0.39 is 0 Å². The van der Waals surface area contributed by atoms with Gasteiger partial charge in [-0.1, -0.05) is 6.42 Å². The molecule has 3 aliphatic rings. The third-order valence-corrected chi connectivity index (χ3v) is 4.42. The molecule has 3 heteroatoms. The van der Waals surface area contributed by atoms with Crippen molar-refractivity contribution in [3.8, 4) is 0 Å². The van der Waals surface area contributed by atoms with Gasteiger partial charge in [-0.2, -0.15) is 0 Å². The zero-order chi connectivity index (χ0) is 10.3. The second-order valence-electron chi connectivity index (χ2n) is 5.31. The second kappa shape index (κ2) is 3.78. The number of fused-ring (bicyclic) bond motifs is 1. The lowest BCUT2D eigenvalue weighted by Crippen LogP contribution is -2.49. The lowest BCUT2D eigenvalue weighted by Gasteiger charge is -2.38. The number of nitrogens with one attached hydrogen (secondary N) is 1. The number of amides is 1. The molecule has 2 heterocycles. The van der Waals surface area contributed by atoms with Gasteiger partial charge in [0.25, 0.3) is 0 Å². The summed E-state index contributed by atoms with van der Waals surface area (Å²) < 4.78 is 0. The summed E-state index contributed by atoms with van der Waals surface area (Å²) in [6.45, 7) is 3.16. The minimum atomic E-state index is 0.385. The molecule has 2 unspecified atom stereocenters. The van der Waals surface area contributed by atoms with Crippen molar-refractivity contribution >= 4 is 5.91 Å². The van der Waals surface area contributed by atoms with E-state index in [0.29, 0.717) is 17.9 Å². The smallest absolute Gasteiger partial charge is 0.225 e. The van der Waals surface area contributed by atoms with E-state index in [9.17, 15) is 4.79 Å². The third-order valence-electron chi connectivity index (χ3n) is 4.42. The Labute approximate surface area is 91.2 Å². The van der Waals surface area contributed by atoms with Gasteiger partial charge in [0.05, 0.1) is 0 Å². The van der Waals surface area contributed by atoms with Crippen molar-refractivity contribution in [2.45, 2.75) is 38.1 Å². The largest absolute Gasteiger partial charge is 0.342 e. The average Bonchev–Trinajstić information content (AvgIpc) is 2.61. The summed E-state index contributed by atoms with van der Waals surface area (Å²) in [5, 5.41) is 3.54. The number of piperidine rings is 1. The maximum atomic E-state index is 12.1. The fourth-order valence-corrected chi connectivity index (χ4v) is 3.16. The van der Waals surface area contributed by atoms with Crippen LogP contribution in [-0.4, -0.2) is 36.5 Å². The number of rotatable bonds is 1. The minimum Gasteiger partial charge on any atom is -0.342 e. The highest BCUT2D eigenvalue weighted by atomic mass is 16.2. The number of hydrogen-bond acceptors (Lipinski definition) is 2. The molecule has 1 N–H and O–H groups in total. The molecule has 3 fully saturated rings. The minimum absolute atomic E-state index is 0.385. The van der Waals surface area contributed by atoms with Crippen molar-refractivity contribution in [2.24, 2.45) is 11.8 Å². The molecule has 1 saturated carbocycles. The Balaban J connectivity index is 1.60. The first-order chi connectivity index (χ1) is 7.34. The SMILES string of the molecule is O=C(C1CCC1)N1CCC2NCCC2C1. The molecule has 2 saturated heterocycles. The summed E-state index contributed by atoms with van der Waals surface area (Å²) in [7, 11) is 0. The monoisotopic (exact) mass is 208 g/mol. The van der Waals surface area contributed by atoms with E-state index in [2.05, 4.69) is 10.2 Å². The lowest BCUT2D eigenvalue weighted by molar-refractivity contribution is -0.140. The molecule has 0 aromatic rings. The predicted octanol–water partition coefficient (Wildman–Crippen LogP) is 0.997. The molecule has 15 heavy (non-hydrogen) atoms. The van der Waals surface area contributed by atoms with Gasteiger partial charge in [0.2, 0.25) is 5.91 Å². The summed E-state index contributed by atoms with van der Waals surface area (Å²) in [6, 6.07) is 0.704. The van der Waals surface area contributed by atoms with Gasteiger partial charge >= 0.3 is 0 Å². The highest BCUT2D eigenvalue weighted by Gasteiger charge is 2.37. The Morgan fingerprint density at radius 1 is 1.20 bits per heavy atom. The zero-order valence-corrected chi connectivity index (χ0v) is 9.24. The van der Waals surface area contributed by atoms with Gasteiger partial charge in [-0.15, -0.1) is 0 Å². The molecular formula is C12H20N2O. The number of likely N-dealkylation sites (tertiary alicyclic amines) is 1. The van der Waals surface area contributed by atoms with Crippen LogP contribution in [0.3, 0.4) is 0 Å². The van der Waals surface area contributed by atoms with Gasteiger partial charge in [0, 0.05) is 25.0 Å². The van der Waals surface area contributed by atoms with Gasteiger partial charge in [-0.05, 0) is 38.1 Å². The van der Waals surface area contributed by atoms with E-state index in [1.54, 1.807) is 0 Å². The first kappa shape index (κ1) is 9.64. The Bertz CT molecular complexity index is 262. The van der Waals surface area contributed by atoms with Crippen molar-refractivity contribution < 1.29 is 4.79 Å². The molecule has 1 amide bonds. The van der Waals surface area contributed by atoms with E-state index in [1.807, 2.05) is 0 Å². The molecule has 0 aromatic carbocycles. The first-order valence-electron chi connectivity index (χ1n) is 6.37. The fourth-order valence-electron chi connectivity index (χ4n) is 3.16. The van der Waals surface area contributed by atoms with E-state index in [-0.39, 0.29) is 0 Å². The highest BCUT2D eigenvalue weighted by Crippen LogP contribution is 2.31. The second-order valence-corrected chi connectivity index (χ2v) is 5.31. The molecule has 0 spiro atoms. The fraction of sp³-hybridized carbons (Fsp3) is 0.917. The summed E-state index contributed by atoms with van der Waals surface area (Å²) in [6.07, 6.45) is 5.98. The third kappa shape index (κ3) is 1.67. The van der Waals surface area contributed by atoms with Crippen LogP contribution >= 0.6 is 0 Å². The van der Waals surface area contributed by atoms with Crippen LogP contribution < -0.4 is 5.32 Å². The van der Waals surface area contributed by atoms with E-state index in [4.69, 9.17) is 0 Å². The van der Waals surface area contributed by atoms with Gasteiger partial charge in [0.15, 0.2) is 0 Å². The van der Waals surface area contributed by atoms with E-state index >= 15 is 0 Å². The summed E-state index contributed by atoms with van der Waals surface area (Å²) in [5.41, 5.74) is 0. The Morgan fingerprint density at radius 2 is 2.07 bits per heavy atom. The van der Waals surface area contributed by atoms with E-state index in [1.165, 1.54) is 19.3 Å². The normalized spacial score (nSPS) is 36.1. The predicted molar refractivity (Wildman–Crippen MR) is 58.4 cm³/mol. The summed E-state index contributed by atoms with van der Waals surface area (Å²) >= 11 is 0. The van der Waals surface area contributed by atoms with Crippen LogP contribution in [0.2, 0.25) is 0 Å². The van der Waals surface area contributed by atoms with Crippen molar-refractivity contribution in [3.05, 3.63) is 0 Å². The molecule has 0 aromatic heterocycles. The standard InChI is InChI=1S/C12H20N2O/c15-12(9-2-1-3-9)14-7-5-11-10(8-14)4-6-13-11/h9-11,13H,1-8H2. The van der Waals surface area contributed by atoms with Gasteiger partial charge in [-0.25, -0.2) is 0 Å². The number of carbonyl (C=O) groups excluding carboxylic acids is 1. The van der Waals surface area contributed by atoms with Crippen LogP contribution in [0.25, 0.3) is 0 Å². The number of carbonyl (C=O) groups is 1. The molecule has 3 nitrogen and oxygen atoms in total. The van der Waals surface area contributed by atoms with Crippen LogP contribution in [0.1, 0.15) is 32.1 Å². The van der Waals surface area contributed by atoms with Gasteiger partial charge < -0.3 is 10.2 Å². The Morgan fingerprint density at radius 3 is 2.80 bits per heavy atom. The van der Waals surface area contributed by atoms with Crippen molar-refractivity contribution in [1.29, 1.82) is 0 Å². The Hall–Kier alpha value is -0.570. The van der Waals surface area contributed by atoms with Crippen LogP contribution in [0.15, 0.2) is 0 Å². The van der Waals surface area contributed by atoms with Crippen molar-refractivity contribution in [2.75, 3.05) is 19.6 Å². The van der Waals surface area contributed by atoms with Crippen LogP contribution in [0, 0.1) is 11.8 Å². The van der Waals surface area contributed by atoms with Gasteiger partial charge in [-0.3, -0.25) is 4.79 Å². The average molecular weight is 208 g/mol. The summed E-state index contributed by atoms with van der Waals surface area (Å²) in [4.78, 5) is 14.2. The Kier molecular flexibility index (Phi) is 2.43. The van der Waals surface area contributed by atoms with Crippen LogP contribution in [-0.2, 0) is 4.79 Å². The van der Waals surface area contributed by atoms with Crippen molar-refractivity contribution in [3.63, 3.8) is 0 Å². The van der Waals surface area contributed by atoms with Gasteiger partial charge in [0.1, 0.15) is 0 Å². The van der Waals surface area contributed by atoms with Crippen LogP contribution in [0.4, 0.5) is 0 Å². The van der Waals surface area contributed by atoms with E-state index in [0.717, 1.165) is 38.4 Å². The molecule has 2 aliphatic heterocycles. The summed E-state index contributed by atoms with van der Waals surface area (Å²) in [5.74, 6) is 1.57. The maximum Gasteiger partial charge on any atom is 0.225 e. The van der Waals surface area contributed by atoms with Crippen molar-refractivity contribution in [1.82, 2.24) is 10.2 Å². The molecule has 3 rings (SSSR count). The first-order valence-corrected chi connectivity index (χ1v) is 6.37. The quantitative estimate of drug-likeness (QED) is 0.697. The molecule has 2 atom stereocenters. The zero-order valence-electron chi connectivity index (χ0n) is 9.24.